The Kier molecular flexibility index (Phi) is 6.43. The highest BCUT2D eigenvalue weighted by molar-refractivity contribution is 5.98. The molecule has 1 amide bonds. The van der Waals surface area contributed by atoms with E-state index in [0.717, 1.165) is 19.3 Å². The highest BCUT2D eigenvalue weighted by Crippen LogP contribution is 2.17. The Hall–Kier alpha value is -2.04. The van der Waals surface area contributed by atoms with Crippen molar-refractivity contribution < 1.29 is 9.53 Å². The summed E-state index contributed by atoms with van der Waals surface area (Å²) in [4.78, 5) is 11.6. The van der Waals surface area contributed by atoms with Crippen LogP contribution < -0.4 is 15.8 Å². The lowest BCUT2D eigenvalue weighted by Crippen LogP contribution is -2.28. The fourth-order valence-electron chi connectivity index (χ4n) is 1.66. The third-order valence-electron chi connectivity index (χ3n) is 2.68. The van der Waals surface area contributed by atoms with E-state index < -0.39 is 6.09 Å². The second kappa shape index (κ2) is 8.13. The largest absolute Gasteiger partial charge is 0.412 e. The van der Waals surface area contributed by atoms with E-state index in [2.05, 4.69) is 12.2 Å². The molecule has 0 atom stereocenters. The summed E-state index contributed by atoms with van der Waals surface area (Å²) in [7, 11) is 0. The standard InChI is InChI=1S/C14H21N3O2/c1-2-3-4-7-10-17-14(18)19-12-9-6-5-8-11(12)13(15)16/h5-6,8-9H,2-4,7,10H2,1H3,(H3,15,16)(H,17,18). The second-order valence-electron chi connectivity index (χ2n) is 4.29. The average molecular weight is 263 g/mol. The number of hydrogen-bond donors (Lipinski definition) is 3. The number of ether oxygens (including phenoxy) is 1. The summed E-state index contributed by atoms with van der Waals surface area (Å²) in [6.45, 7) is 2.74. The van der Waals surface area contributed by atoms with Crippen LogP contribution in [0.3, 0.4) is 0 Å². The number of rotatable bonds is 7. The minimum absolute atomic E-state index is 0.119. The highest BCUT2D eigenvalue weighted by atomic mass is 16.6. The van der Waals surface area contributed by atoms with E-state index in [-0.39, 0.29) is 5.84 Å². The number of carbonyl (C=O) groups excluding carboxylic acids is 1. The molecule has 0 aliphatic carbocycles. The van der Waals surface area contributed by atoms with Crippen LogP contribution in [0.1, 0.15) is 38.2 Å². The maximum absolute atomic E-state index is 11.6. The molecule has 19 heavy (non-hydrogen) atoms. The lowest BCUT2D eigenvalue weighted by Gasteiger charge is -2.09. The van der Waals surface area contributed by atoms with Gasteiger partial charge in [-0.2, -0.15) is 0 Å². The molecule has 4 N–H and O–H groups in total. The SMILES string of the molecule is CCCCCCNC(=O)Oc1ccccc1C(=N)N. The first-order valence-electron chi connectivity index (χ1n) is 6.54. The number of carbonyl (C=O) groups is 1. The molecule has 0 aliphatic heterocycles. The number of amidine groups is 1. The van der Waals surface area contributed by atoms with Crippen LogP contribution in [0, 0.1) is 5.41 Å². The third-order valence-corrected chi connectivity index (χ3v) is 2.68. The van der Waals surface area contributed by atoms with Gasteiger partial charge in [0.2, 0.25) is 0 Å². The van der Waals surface area contributed by atoms with Crippen molar-refractivity contribution in [3.05, 3.63) is 29.8 Å². The Balaban J connectivity index is 2.42. The van der Waals surface area contributed by atoms with Gasteiger partial charge in [-0.3, -0.25) is 5.41 Å². The number of nitrogens with two attached hydrogens (primary N) is 1. The Labute approximate surface area is 113 Å². The van der Waals surface area contributed by atoms with Crippen LogP contribution in [0.5, 0.6) is 5.75 Å². The monoisotopic (exact) mass is 263 g/mol. The summed E-state index contributed by atoms with van der Waals surface area (Å²) in [5.41, 5.74) is 5.84. The summed E-state index contributed by atoms with van der Waals surface area (Å²) in [5, 5.41) is 10.1. The summed E-state index contributed by atoms with van der Waals surface area (Å²) < 4.78 is 5.14. The zero-order valence-electron chi connectivity index (χ0n) is 11.2. The molecule has 0 aliphatic rings. The Morgan fingerprint density at radius 3 is 2.74 bits per heavy atom. The van der Waals surface area contributed by atoms with Gasteiger partial charge in [0.25, 0.3) is 0 Å². The van der Waals surface area contributed by atoms with Crippen LogP contribution in [0.15, 0.2) is 24.3 Å². The smallest absolute Gasteiger partial charge is 0.410 e. The molecular formula is C14H21N3O2. The predicted octanol–water partition coefficient (Wildman–Crippen LogP) is 2.64. The zero-order valence-corrected chi connectivity index (χ0v) is 11.2. The van der Waals surface area contributed by atoms with Crippen LogP contribution in [-0.2, 0) is 0 Å². The van der Waals surface area contributed by atoms with Crippen LogP contribution in [0.2, 0.25) is 0 Å². The van der Waals surface area contributed by atoms with Crippen molar-refractivity contribution in [2.45, 2.75) is 32.6 Å². The van der Waals surface area contributed by atoms with Crippen molar-refractivity contribution in [1.82, 2.24) is 5.32 Å². The molecule has 1 aromatic carbocycles. The summed E-state index contributed by atoms with van der Waals surface area (Å²) >= 11 is 0. The van der Waals surface area contributed by atoms with Crippen molar-refractivity contribution in [3.8, 4) is 5.75 Å². The number of unbranched alkanes of at least 4 members (excludes halogenated alkanes) is 3. The van der Waals surface area contributed by atoms with E-state index >= 15 is 0 Å². The average Bonchev–Trinajstić information content (AvgIpc) is 2.39. The van der Waals surface area contributed by atoms with Crippen LogP contribution in [0.25, 0.3) is 0 Å². The first kappa shape index (κ1) is 15.0. The number of hydrogen-bond acceptors (Lipinski definition) is 3. The quantitative estimate of drug-likeness (QED) is 0.401. The van der Waals surface area contributed by atoms with Crippen molar-refractivity contribution in [2.75, 3.05) is 6.54 Å². The molecule has 0 bridgehead atoms. The fraction of sp³-hybridized carbons (Fsp3) is 0.429. The molecule has 104 valence electrons. The molecule has 0 heterocycles. The Morgan fingerprint density at radius 2 is 2.05 bits per heavy atom. The Morgan fingerprint density at radius 1 is 1.32 bits per heavy atom. The van der Waals surface area contributed by atoms with Crippen LogP contribution in [-0.4, -0.2) is 18.5 Å². The number of nitrogen functional groups attached to an aromatic ring is 1. The molecule has 0 saturated heterocycles. The van der Waals surface area contributed by atoms with Gasteiger partial charge in [0.15, 0.2) is 0 Å². The summed E-state index contributed by atoms with van der Waals surface area (Å²) in [6.07, 6.45) is 3.86. The van der Waals surface area contributed by atoms with E-state index in [4.69, 9.17) is 15.9 Å². The van der Waals surface area contributed by atoms with Gasteiger partial charge >= 0.3 is 6.09 Å². The van der Waals surface area contributed by atoms with Gasteiger partial charge in [-0.1, -0.05) is 38.3 Å². The molecule has 0 fully saturated rings. The number of para-hydroxylation sites is 1. The third kappa shape index (κ3) is 5.42. The highest BCUT2D eigenvalue weighted by Gasteiger charge is 2.09. The normalized spacial score (nSPS) is 9.95. The molecule has 0 unspecified atom stereocenters. The number of benzene rings is 1. The summed E-state index contributed by atoms with van der Waals surface area (Å²) in [6, 6.07) is 6.74. The van der Waals surface area contributed by atoms with Crippen LogP contribution >= 0.6 is 0 Å². The molecular weight excluding hydrogens is 242 g/mol. The first-order chi connectivity index (χ1) is 9.15. The molecule has 1 rings (SSSR count). The minimum Gasteiger partial charge on any atom is -0.410 e. The Bertz CT molecular complexity index is 432. The molecule has 1 aromatic rings. The predicted molar refractivity (Wildman–Crippen MR) is 75.6 cm³/mol. The van der Waals surface area contributed by atoms with Gasteiger partial charge in [0.1, 0.15) is 11.6 Å². The maximum atomic E-state index is 11.6. The number of nitrogens with one attached hydrogen (secondary N) is 2. The van der Waals surface area contributed by atoms with Gasteiger partial charge in [0, 0.05) is 6.54 Å². The van der Waals surface area contributed by atoms with Gasteiger partial charge in [-0.05, 0) is 18.6 Å². The van der Waals surface area contributed by atoms with Crippen molar-refractivity contribution >= 4 is 11.9 Å². The van der Waals surface area contributed by atoms with E-state index in [1.165, 1.54) is 6.42 Å². The van der Waals surface area contributed by atoms with Crippen molar-refractivity contribution in [1.29, 1.82) is 5.41 Å². The van der Waals surface area contributed by atoms with E-state index in [9.17, 15) is 4.79 Å². The molecule has 5 nitrogen and oxygen atoms in total. The van der Waals surface area contributed by atoms with Gasteiger partial charge in [-0.25, -0.2) is 4.79 Å². The fourth-order valence-corrected chi connectivity index (χ4v) is 1.66. The zero-order chi connectivity index (χ0) is 14.1. The van der Waals surface area contributed by atoms with Crippen molar-refractivity contribution in [3.63, 3.8) is 0 Å². The van der Waals surface area contributed by atoms with E-state index in [1.807, 2.05) is 0 Å². The second-order valence-corrected chi connectivity index (χ2v) is 4.29. The van der Waals surface area contributed by atoms with Gasteiger partial charge in [0.05, 0.1) is 5.56 Å². The minimum atomic E-state index is -0.509. The number of amides is 1. The lowest BCUT2D eigenvalue weighted by atomic mass is 10.2. The van der Waals surface area contributed by atoms with Crippen LogP contribution in [0.4, 0.5) is 4.79 Å². The lowest BCUT2D eigenvalue weighted by molar-refractivity contribution is 0.200. The van der Waals surface area contributed by atoms with Crippen molar-refractivity contribution in [2.24, 2.45) is 5.73 Å². The first-order valence-corrected chi connectivity index (χ1v) is 6.54. The van der Waals surface area contributed by atoms with E-state index in [1.54, 1.807) is 24.3 Å². The summed E-state index contributed by atoms with van der Waals surface area (Å²) in [5.74, 6) is 0.187. The molecule has 0 saturated carbocycles. The van der Waals surface area contributed by atoms with E-state index in [0.29, 0.717) is 17.9 Å². The molecule has 0 spiro atoms. The molecule has 0 radical (unpaired) electrons. The topological polar surface area (TPSA) is 88.2 Å². The van der Waals surface area contributed by atoms with Gasteiger partial charge < -0.3 is 15.8 Å². The molecule has 5 heteroatoms. The molecule has 0 aromatic heterocycles. The maximum Gasteiger partial charge on any atom is 0.412 e. The van der Waals surface area contributed by atoms with Gasteiger partial charge in [-0.15, -0.1) is 0 Å².